The van der Waals surface area contributed by atoms with Gasteiger partial charge in [0.15, 0.2) is 9.84 Å². The first-order chi connectivity index (χ1) is 9.32. The molecule has 4 nitrogen and oxygen atoms in total. The van der Waals surface area contributed by atoms with Crippen LogP contribution >= 0.6 is 0 Å². The van der Waals surface area contributed by atoms with E-state index in [2.05, 4.69) is 26.1 Å². The summed E-state index contributed by atoms with van der Waals surface area (Å²) in [6.07, 6.45) is 2.20. The molecule has 0 bridgehead atoms. The Kier molecular flexibility index (Phi) is 6.49. The van der Waals surface area contributed by atoms with E-state index in [0.717, 1.165) is 19.5 Å². The molecule has 20 heavy (non-hydrogen) atoms. The fraction of sp³-hybridized carbons (Fsp3) is 0.600. The van der Waals surface area contributed by atoms with Crippen LogP contribution in [0.15, 0.2) is 29.2 Å². The molecular weight excluding hydrogens is 274 g/mol. The summed E-state index contributed by atoms with van der Waals surface area (Å²) in [6, 6.07) is 6.58. The van der Waals surface area contributed by atoms with Crippen LogP contribution in [0, 0.1) is 5.92 Å². The van der Waals surface area contributed by atoms with Crippen LogP contribution in [0.5, 0.6) is 5.75 Å². The molecule has 1 N–H and O–H groups in total. The summed E-state index contributed by atoms with van der Waals surface area (Å²) in [5.41, 5.74) is 0. The maximum atomic E-state index is 11.4. The van der Waals surface area contributed by atoms with Gasteiger partial charge in [-0.2, -0.15) is 0 Å². The maximum Gasteiger partial charge on any atom is 0.175 e. The van der Waals surface area contributed by atoms with E-state index in [1.165, 1.54) is 6.26 Å². The first-order valence-electron chi connectivity index (χ1n) is 7.00. The standard InChI is InChI=1S/C15H25NO3S/c1-5-13(11-16-10-12(2)3)19-14-6-8-15(9-7-14)20(4,17)18/h6-9,12-13,16H,5,10-11H2,1-4H3. The molecule has 0 amide bonds. The Morgan fingerprint density at radius 3 is 2.20 bits per heavy atom. The van der Waals surface area contributed by atoms with Crippen molar-refractivity contribution < 1.29 is 13.2 Å². The Morgan fingerprint density at radius 1 is 1.15 bits per heavy atom. The van der Waals surface area contributed by atoms with Gasteiger partial charge in [0.1, 0.15) is 11.9 Å². The first kappa shape index (κ1) is 17.0. The minimum atomic E-state index is -3.15. The Bertz CT molecular complexity index is 494. The van der Waals surface area contributed by atoms with Crippen molar-refractivity contribution in [3.05, 3.63) is 24.3 Å². The van der Waals surface area contributed by atoms with Gasteiger partial charge in [-0.1, -0.05) is 20.8 Å². The van der Waals surface area contributed by atoms with Gasteiger partial charge < -0.3 is 10.1 Å². The molecular formula is C15H25NO3S. The Labute approximate surface area is 122 Å². The molecule has 0 aromatic heterocycles. The van der Waals surface area contributed by atoms with Gasteiger partial charge in [-0.25, -0.2) is 8.42 Å². The molecule has 1 atom stereocenters. The minimum Gasteiger partial charge on any atom is -0.489 e. The van der Waals surface area contributed by atoms with Crippen LogP contribution < -0.4 is 10.1 Å². The van der Waals surface area contributed by atoms with Gasteiger partial charge in [0, 0.05) is 12.8 Å². The third kappa shape index (κ3) is 5.92. The van der Waals surface area contributed by atoms with E-state index in [4.69, 9.17) is 4.74 Å². The van der Waals surface area contributed by atoms with Crippen molar-refractivity contribution in [2.24, 2.45) is 5.92 Å². The second-order valence-corrected chi connectivity index (χ2v) is 7.46. The molecule has 114 valence electrons. The van der Waals surface area contributed by atoms with Crippen LogP contribution in [0.3, 0.4) is 0 Å². The predicted octanol–water partition coefficient (Wildman–Crippen LogP) is 2.49. The largest absolute Gasteiger partial charge is 0.489 e. The van der Waals surface area contributed by atoms with E-state index in [1.807, 2.05) is 0 Å². The van der Waals surface area contributed by atoms with Crippen molar-refractivity contribution in [2.45, 2.75) is 38.2 Å². The number of nitrogens with one attached hydrogen (secondary N) is 1. The normalized spacial score (nSPS) is 13.4. The van der Waals surface area contributed by atoms with E-state index in [-0.39, 0.29) is 6.10 Å². The van der Waals surface area contributed by atoms with Gasteiger partial charge in [-0.05, 0) is 43.1 Å². The SMILES string of the molecule is CCC(CNCC(C)C)Oc1ccc(S(C)(=O)=O)cc1. The van der Waals surface area contributed by atoms with Gasteiger partial charge in [0.25, 0.3) is 0 Å². The second kappa shape index (κ2) is 7.64. The number of ether oxygens (including phenoxy) is 1. The van der Waals surface area contributed by atoms with Crippen molar-refractivity contribution in [3.8, 4) is 5.75 Å². The molecule has 0 aliphatic rings. The molecule has 0 fully saturated rings. The lowest BCUT2D eigenvalue weighted by Crippen LogP contribution is -2.33. The van der Waals surface area contributed by atoms with Crippen molar-refractivity contribution in [1.29, 1.82) is 0 Å². The van der Waals surface area contributed by atoms with E-state index >= 15 is 0 Å². The highest BCUT2D eigenvalue weighted by atomic mass is 32.2. The van der Waals surface area contributed by atoms with E-state index in [9.17, 15) is 8.42 Å². The van der Waals surface area contributed by atoms with E-state index in [0.29, 0.717) is 16.6 Å². The topological polar surface area (TPSA) is 55.4 Å². The minimum absolute atomic E-state index is 0.0952. The zero-order valence-electron chi connectivity index (χ0n) is 12.7. The van der Waals surface area contributed by atoms with Crippen molar-refractivity contribution in [1.82, 2.24) is 5.32 Å². The molecule has 0 aliphatic heterocycles. The molecule has 0 aliphatic carbocycles. The molecule has 0 saturated heterocycles. The summed E-state index contributed by atoms with van der Waals surface area (Å²) >= 11 is 0. The summed E-state index contributed by atoms with van der Waals surface area (Å²) in [5, 5.41) is 3.37. The van der Waals surface area contributed by atoms with Crippen LogP contribution in [-0.2, 0) is 9.84 Å². The quantitative estimate of drug-likeness (QED) is 0.801. The highest BCUT2D eigenvalue weighted by molar-refractivity contribution is 7.90. The third-order valence-electron chi connectivity index (χ3n) is 2.93. The van der Waals surface area contributed by atoms with Crippen LogP contribution in [0.4, 0.5) is 0 Å². The van der Waals surface area contributed by atoms with Crippen molar-refractivity contribution in [2.75, 3.05) is 19.3 Å². The molecule has 5 heteroatoms. The molecule has 1 aromatic rings. The zero-order valence-corrected chi connectivity index (χ0v) is 13.5. The number of hydrogen-bond acceptors (Lipinski definition) is 4. The Balaban J connectivity index is 2.57. The van der Waals surface area contributed by atoms with Gasteiger partial charge in [0.05, 0.1) is 4.90 Å². The lowest BCUT2D eigenvalue weighted by molar-refractivity contribution is 0.192. The summed E-state index contributed by atoms with van der Waals surface area (Å²) in [4.78, 5) is 0.316. The fourth-order valence-electron chi connectivity index (χ4n) is 1.76. The molecule has 0 spiro atoms. The molecule has 1 unspecified atom stereocenters. The monoisotopic (exact) mass is 299 g/mol. The molecule has 1 aromatic carbocycles. The average molecular weight is 299 g/mol. The second-order valence-electron chi connectivity index (χ2n) is 5.44. The summed E-state index contributed by atoms with van der Waals surface area (Å²) in [7, 11) is -3.15. The number of benzene rings is 1. The van der Waals surface area contributed by atoms with Gasteiger partial charge >= 0.3 is 0 Å². The third-order valence-corrected chi connectivity index (χ3v) is 4.06. The van der Waals surface area contributed by atoms with Gasteiger partial charge in [0.2, 0.25) is 0 Å². The molecule has 0 radical (unpaired) electrons. The predicted molar refractivity (Wildman–Crippen MR) is 82.0 cm³/mol. The van der Waals surface area contributed by atoms with Crippen LogP contribution in [0.25, 0.3) is 0 Å². The average Bonchev–Trinajstić information content (AvgIpc) is 2.36. The van der Waals surface area contributed by atoms with Gasteiger partial charge in [-0.15, -0.1) is 0 Å². The van der Waals surface area contributed by atoms with Crippen molar-refractivity contribution in [3.63, 3.8) is 0 Å². The van der Waals surface area contributed by atoms with E-state index < -0.39 is 9.84 Å². The fourth-order valence-corrected chi connectivity index (χ4v) is 2.39. The summed E-state index contributed by atoms with van der Waals surface area (Å²) in [6.45, 7) is 8.17. The smallest absolute Gasteiger partial charge is 0.175 e. The van der Waals surface area contributed by atoms with Crippen LogP contribution in [0.2, 0.25) is 0 Å². The Morgan fingerprint density at radius 2 is 1.75 bits per heavy atom. The molecule has 0 saturated carbocycles. The van der Waals surface area contributed by atoms with Crippen molar-refractivity contribution >= 4 is 9.84 Å². The number of sulfone groups is 1. The Hall–Kier alpha value is -1.07. The highest BCUT2D eigenvalue weighted by Crippen LogP contribution is 2.17. The lowest BCUT2D eigenvalue weighted by Gasteiger charge is -2.19. The van der Waals surface area contributed by atoms with E-state index in [1.54, 1.807) is 24.3 Å². The molecule has 1 rings (SSSR count). The highest BCUT2D eigenvalue weighted by Gasteiger charge is 2.10. The molecule has 0 heterocycles. The van der Waals surface area contributed by atoms with Gasteiger partial charge in [-0.3, -0.25) is 0 Å². The summed E-state index contributed by atoms with van der Waals surface area (Å²) in [5.74, 6) is 1.32. The maximum absolute atomic E-state index is 11.4. The number of rotatable bonds is 8. The van der Waals surface area contributed by atoms with Crippen LogP contribution in [0.1, 0.15) is 27.2 Å². The zero-order chi connectivity index (χ0) is 15.2. The lowest BCUT2D eigenvalue weighted by atomic mass is 10.2. The first-order valence-corrected chi connectivity index (χ1v) is 8.89. The summed E-state index contributed by atoms with van der Waals surface area (Å²) < 4.78 is 28.6. The van der Waals surface area contributed by atoms with Crippen LogP contribution in [-0.4, -0.2) is 33.9 Å². The number of hydrogen-bond donors (Lipinski definition) is 1.